The van der Waals surface area contributed by atoms with Crippen LogP contribution in [0.15, 0.2) is 48.5 Å². The van der Waals surface area contributed by atoms with Gasteiger partial charge in [0.25, 0.3) is 0 Å². The number of imidazole rings is 1. The first kappa shape index (κ1) is 18.0. The molecule has 2 fully saturated rings. The molecule has 1 aromatic heterocycles. The number of amides is 1. The van der Waals surface area contributed by atoms with Gasteiger partial charge in [-0.15, -0.1) is 23.2 Å². The molecule has 6 heteroatoms. The minimum atomic E-state index is -0.637. The Morgan fingerprint density at radius 1 is 1.18 bits per heavy atom. The van der Waals surface area contributed by atoms with Crippen LogP contribution in [0.25, 0.3) is 11.0 Å². The minimum Gasteiger partial charge on any atom is -0.327 e. The third kappa shape index (κ3) is 3.09. The Hall–Kier alpha value is -2.04. The number of rotatable bonds is 4. The lowest BCUT2D eigenvalue weighted by molar-refractivity contribution is -0.117. The molecule has 1 aliphatic heterocycles. The quantitative estimate of drug-likeness (QED) is 0.560. The van der Waals surface area contributed by atoms with E-state index in [0.717, 1.165) is 41.1 Å². The summed E-state index contributed by atoms with van der Waals surface area (Å²) in [7, 11) is 0. The Bertz CT molecular complexity index is 1070. The summed E-state index contributed by atoms with van der Waals surface area (Å²) < 4.78 is 1.59. The number of alkyl halides is 2. The van der Waals surface area contributed by atoms with Crippen LogP contribution in [-0.2, 0) is 11.3 Å². The van der Waals surface area contributed by atoms with E-state index in [1.165, 1.54) is 0 Å². The SMILES string of the molecule is Cc1cccc(N2CC(c3nc4ccccc4n3CC3CC3(Cl)Cl)CC2=O)c1. The topological polar surface area (TPSA) is 38.1 Å². The van der Waals surface area contributed by atoms with Crippen molar-refractivity contribution in [1.82, 2.24) is 9.55 Å². The highest BCUT2D eigenvalue weighted by Crippen LogP contribution is 2.54. The molecule has 0 radical (unpaired) electrons. The highest BCUT2D eigenvalue weighted by Gasteiger charge is 2.52. The molecular formula is C22H21Cl2N3O. The second-order valence-electron chi connectivity index (χ2n) is 7.98. The fourth-order valence-corrected chi connectivity index (χ4v) is 4.72. The van der Waals surface area contributed by atoms with Crippen LogP contribution >= 0.6 is 23.2 Å². The Kier molecular flexibility index (Phi) is 4.18. The molecule has 0 N–H and O–H groups in total. The van der Waals surface area contributed by atoms with Gasteiger partial charge in [-0.2, -0.15) is 0 Å². The van der Waals surface area contributed by atoms with E-state index < -0.39 is 4.33 Å². The molecule has 144 valence electrons. The lowest BCUT2D eigenvalue weighted by Gasteiger charge is -2.18. The maximum atomic E-state index is 12.8. The molecule has 1 amide bonds. The number of halogens is 2. The second-order valence-corrected chi connectivity index (χ2v) is 9.52. The van der Waals surface area contributed by atoms with Crippen LogP contribution in [0.5, 0.6) is 0 Å². The molecule has 4 nitrogen and oxygen atoms in total. The molecule has 1 aliphatic carbocycles. The van der Waals surface area contributed by atoms with Gasteiger partial charge in [-0.1, -0.05) is 24.3 Å². The number of carbonyl (C=O) groups excluding carboxylic acids is 1. The van der Waals surface area contributed by atoms with E-state index in [9.17, 15) is 4.79 Å². The van der Waals surface area contributed by atoms with E-state index in [4.69, 9.17) is 28.2 Å². The molecule has 2 heterocycles. The van der Waals surface area contributed by atoms with Gasteiger partial charge in [0.15, 0.2) is 0 Å². The van der Waals surface area contributed by atoms with Gasteiger partial charge in [0, 0.05) is 37.0 Å². The summed E-state index contributed by atoms with van der Waals surface area (Å²) >= 11 is 12.6. The highest BCUT2D eigenvalue weighted by atomic mass is 35.5. The summed E-state index contributed by atoms with van der Waals surface area (Å²) in [5, 5.41) is 0. The zero-order chi connectivity index (χ0) is 19.5. The number of carbonyl (C=O) groups is 1. The molecule has 2 atom stereocenters. The number of aryl methyl sites for hydroxylation is 1. The minimum absolute atomic E-state index is 0.0548. The van der Waals surface area contributed by atoms with Gasteiger partial charge in [0.1, 0.15) is 10.2 Å². The van der Waals surface area contributed by atoms with Gasteiger partial charge in [-0.05, 0) is 43.2 Å². The maximum absolute atomic E-state index is 12.8. The van der Waals surface area contributed by atoms with Crippen LogP contribution < -0.4 is 4.90 Å². The molecular weight excluding hydrogens is 393 g/mol. The van der Waals surface area contributed by atoms with Crippen molar-refractivity contribution in [3.8, 4) is 0 Å². The van der Waals surface area contributed by atoms with Crippen molar-refractivity contribution in [3.05, 3.63) is 59.9 Å². The summed E-state index contributed by atoms with van der Waals surface area (Å²) in [6.07, 6.45) is 1.26. The molecule has 2 aromatic carbocycles. The van der Waals surface area contributed by atoms with Crippen molar-refractivity contribution in [2.75, 3.05) is 11.4 Å². The number of aromatic nitrogens is 2. The summed E-state index contributed by atoms with van der Waals surface area (Å²) in [4.78, 5) is 19.6. The van der Waals surface area contributed by atoms with E-state index in [-0.39, 0.29) is 17.7 Å². The predicted molar refractivity (Wildman–Crippen MR) is 113 cm³/mol. The standard InChI is InChI=1S/C22H21Cl2N3O/c1-14-5-4-6-17(9-14)26-12-15(10-20(26)28)21-25-18-7-2-3-8-19(18)27(21)13-16-11-22(16,23)24/h2-9,15-16H,10-13H2,1H3. The van der Waals surface area contributed by atoms with Crippen LogP contribution in [0.1, 0.15) is 30.1 Å². The molecule has 28 heavy (non-hydrogen) atoms. The predicted octanol–water partition coefficient (Wildman–Crippen LogP) is 5.06. The van der Waals surface area contributed by atoms with Gasteiger partial charge in [0.05, 0.1) is 11.0 Å². The van der Waals surface area contributed by atoms with Crippen LogP contribution in [0, 0.1) is 12.8 Å². The highest BCUT2D eigenvalue weighted by molar-refractivity contribution is 6.50. The third-order valence-electron chi connectivity index (χ3n) is 5.85. The molecule has 0 bridgehead atoms. The van der Waals surface area contributed by atoms with E-state index in [2.05, 4.69) is 16.7 Å². The number of benzene rings is 2. The fraction of sp³-hybridized carbons (Fsp3) is 0.364. The van der Waals surface area contributed by atoms with E-state index in [1.54, 1.807) is 0 Å². The van der Waals surface area contributed by atoms with Gasteiger partial charge >= 0.3 is 0 Å². The summed E-state index contributed by atoms with van der Waals surface area (Å²) in [6, 6.07) is 16.2. The first-order chi connectivity index (χ1) is 13.4. The van der Waals surface area contributed by atoms with Gasteiger partial charge < -0.3 is 9.47 Å². The van der Waals surface area contributed by atoms with Gasteiger partial charge in [0.2, 0.25) is 5.91 Å². The van der Waals surface area contributed by atoms with Crippen molar-refractivity contribution in [2.24, 2.45) is 5.92 Å². The first-order valence-corrected chi connectivity index (χ1v) is 10.4. The Morgan fingerprint density at radius 3 is 2.71 bits per heavy atom. The van der Waals surface area contributed by atoms with Crippen LogP contribution in [0.3, 0.4) is 0 Å². The second kappa shape index (κ2) is 6.50. The molecule has 3 aromatic rings. The molecule has 5 rings (SSSR count). The van der Waals surface area contributed by atoms with Crippen molar-refractivity contribution in [1.29, 1.82) is 0 Å². The molecule has 2 unspecified atom stereocenters. The number of nitrogens with zero attached hydrogens (tertiary/aromatic N) is 3. The van der Waals surface area contributed by atoms with Crippen LogP contribution in [0.2, 0.25) is 0 Å². The molecule has 1 saturated heterocycles. The average molecular weight is 414 g/mol. The van der Waals surface area contributed by atoms with E-state index in [1.807, 2.05) is 48.2 Å². The van der Waals surface area contributed by atoms with Crippen molar-refractivity contribution < 1.29 is 4.79 Å². The monoisotopic (exact) mass is 413 g/mol. The Morgan fingerprint density at radius 2 is 1.96 bits per heavy atom. The Balaban J connectivity index is 1.50. The smallest absolute Gasteiger partial charge is 0.227 e. The van der Waals surface area contributed by atoms with Crippen molar-refractivity contribution in [3.63, 3.8) is 0 Å². The fourth-order valence-electron chi connectivity index (χ4n) is 4.21. The number of hydrogen-bond acceptors (Lipinski definition) is 2. The van der Waals surface area contributed by atoms with E-state index >= 15 is 0 Å². The Labute approximate surface area is 174 Å². The normalized spacial score (nSPS) is 23.5. The number of para-hydroxylation sites is 2. The van der Waals surface area contributed by atoms with Crippen molar-refractivity contribution >= 4 is 45.8 Å². The number of hydrogen-bond donors (Lipinski definition) is 0. The van der Waals surface area contributed by atoms with Crippen LogP contribution in [-0.4, -0.2) is 26.3 Å². The lowest BCUT2D eigenvalue weighted by Crippen LogP contribution is -2.24. The van der Waals surface area contributed by atoms with Crippen LogP contribution in [0.4, 0.5) is 5.69 Å². The summed E-state index contributed by atoms with van der Waals surface area (Å²) in [5.41, 5.74) is 4.14. The average Bonchev–Trinajstić information content (AvgIpc) is 2.98. The lowest BCUT2D eigenvalue weighted by atomic mass is 10.1. The molecule has 1 saturated carbocycles. The number of anilines is 1. The van der Waals surface area contributed by atoms with E-state index in [0.29, 0.717) is 13.0 Å². The third-order valence-corrected chi connectivity index (χ3v) is 6.77. The zero-order valence-electron chi connectivity index (χ0n) is 15.6. The summed E-state index contributed by atoms with van der Waals surface area (Å²) in [5.74, 6) is 1.38. The first-order valence-electron chi connectivity index (χ1n) is 9.62. The number of fused-ring (bicyclic) bond motifs is 1. The molecule has 0 spiro atoms. The zero-order valence-corrected chi connectivity index (χ0v) is 17.1. The summed E-state index contributed by atoms with van der Waals surface area (Å²) in [6.45, 7) is 3.42. The van der Waals surface area contributed by atoms with Gasteiger partial charge in [-0.3, -0.25) is 4.79 Å². The molecule has 2 aliphatic rings. The van der Waals surface area contributed by atoms with Crippen molar-refractivity contribution in [2.45, 2.75) is 36.6 Å². The largest absolute Gasteiger partial charge is 0.327 e. The maximum Gasteiger partial charge on any atom is 0.227 e. The van der Waals surface area contributed by atoms with Gasteiger partial charge in [-0.25, -0.2) is 4.98 Å².